The van der Waals surface area contributed by atoms with E-state index in [-0.39, 0.29) is 17.3 Å². The predicted octanol–water partition coefficient (Wildman–Crippen LogP) is 0.954. The highest BCUT2D eigenvalue weighted by Crippen LogP contribution is 2.17. The van der Waals surface area contributed by atoms with Crippen molar-refractivity contribution < 1.29 is 19.4 Å². The van der Waals surface area contributed by atoms with E-state index < -0.39 is 24.6 Å². The molecule has 1 rings (SSSR count). The summed E-state index contributed by atoms with van der Waals surface area (Å²) in [5.74, 6) is -0.566. The third kappa shape index (κ3) is 4.99. The Labute approximate surface area is 102 Å². The van der Waals surface area contributed by atoms with E-state index in [1.54, 1.807) is 0 Å². The number of nitrogens with one attached hydrogen (secondary N) is 2. The Balaban J connectivity index is 2.50. The van der Waals surface area contributed by atoms with E-state index in [1.807, 2.05) is 0 Å². The minimum Gasteiger partial charge on any atom is -0.394 e. The minimum atomic E-state index is -1.03. The third-order valence-electron chi connectivity index (χ3n) is 1.83. The number of amides is 2. The van der Waals surface area contributed by atoms with Gasteiger partial charge in [-0.05, 0) is 18.2 Å². The molecule has 1 aromatic rings. The zero-order valence-corrected chi connectivity index (χ0v) is 9.54. The third-order valence-corrected chi connectivity index (χ3v) is 2.05. The highest BCUT2D eigenvalue weighted by molar-refractivity contribution is 6.30. The van der Waals surface area contributed by atoms with Crippen molar-refractivity contribution in [2.75, 3.05) is 18.5 Å². The highest BCUT2D eigenvalue weighted by atomic mass is 35.5. The number of hydrogen-bond acceptors (Lipinski definition) is 3. The van der Waals surface area contributed by atoms with Crippen molar-refractivity contribution in [3.05, 3.63) is 29.0 Å². The molecule has 2 amide bonds. The second-order valence-corrected chi connectivity index (χ2v) is 3.77. The molecule has 0 saturated heterocycles. The van der Waals surface area contributed by atoms with Gasteiger partial charge in [0.05, 0.1) is 12.7 Å². The van der Waals surface area contributed by atoms with Gasteiger partial charge in [0.2, 0.25) is 0 Å². The molecule has 0 spiro atoms. The van der Waals surface area contributed by atoms with Crippen LogP contribution < -0.4 is 10.6 Å². The van der Waals surface area contributed by atoms with Crippen molar-refractivity contribution in [1.29, 1.82) is 0 Å². The molecule has 0 aliphatic carbocycles. The number of aliphatic hydroxyl groups excluding tert-OH is 2. The van der Waals surface area contributed by atoms with E-state index in [4.69, 9.17) is 21.8 Å². The van der Waals surface area contributed by atoms with Crippen molar-refractivity contribution in [1.82, 2.24) is 5.32 Å². The fourth-order valence-corrected chi connectivity index (χ4v) is 1.30. The van der Waals surface area contributed by atoms with Crippen LogP contribution >= 0.6 is 11.6 Å². The summed E-state index contributed by atoms with van der Waals surface area (Å²) < 4.78 is 12.9. The topological polar surface area (TPSA) is 81.6 Å². The van der Waals surface area contributed by atoms with Gasteiger partial charge < -0.3 is 20.8 Å². The maximum Gasteiger partial charge on any atom is 0.319 e. The van der Waals surface area contributed by atoms with Crippen LogP contribution in [0.5, 0.6) is 0 Å². The van der Waals surface area contributed by atoms with Gasteiger partial charge in [0.25, 0.3) is 0 Å². The van der Waals surface area contributed by atoms with Gasteiger partial charge in [-0.15, -0.1) is 0 Å². The summed E-state index contributed by atoms with van der Waals surface area (Å²) >= 11 is 5.60. The molecule has 1 aromatic carbocycles. The van der Waals surface area contributed by atoms with E-state index in [1.165, 1.54) is 6.07 Å². The summed E-state index contributed by atoms with van der Waals surface area (Å²) in [6.07, 6.45) is -1.03. The van der Waals surface area contributed by atoms with Gasteiger partial charge in [-0.1, -0.05) is 11.6 Å². The lowest BCUT2D eigenvalue weighted by Crippen LogP contribution is -2.36. The van der Waals surface area contributed by atoms with Crippen LogP contribution in [-0.2, 0) is 0 Å². The molecule has 4 N–H and O–H groups in total. The number of carbonyl (C=O) groups is 1. The smallest absolute Gasteiger partial charge is 0.319 e. The molecule has 1 unspecified atom stereocenters. The molecule has 0 bridgehead atoms. The van der Waals surface area contributed by atoms with Crippen LogP contribution in [0, 0.1) is 5.82 Å². The molecule has 0 fully saturated rings. The number of urea groups is 1. The number of hydrogen-bond donors (Lipinski definition) is 4. The Morgan fingerprint density at radius 2 is 2.18 bits per heavy atom. The standard InChI is InChI=1S/C10H12ClFN2O3/c11-6-1-7(12)3-8(2-6)14-10(17)13-4-9(16)5-15/h1-3,9,15-16H,4-5H2,(H2,13,14,17). The van der Waals surface area contributed by atoms with Crippen molar-refractivity contribution in [3.8, 4) is 0 Å². The molecule has 0 aromatic heterocycles. The molecule has 0 saturated carbocycles. The van der Waals surface area contributed by atoms with Crippen molar-refractivity contribution in [2.45, 2.75) is 6.10 Å². The monoisotopic (exact) mass is 262 g/mol. The Hall–Kier alpha value is -1.37. The van der Waals surface area contributed by atoms with Gasteiger partial charge in [-0.25, -0.2) is 9.18 Å². The molecule has 0 heterocycles. The molecule has 0 radical (unpaired) electrons. The van der Waals surface area contributed by atoms with Gasteiger partial charge in [0.15, 0.2) is 0 Å². The summed E-state index contributed by atoms with van der Waals surface area (Å²) in [5.41, 5.74) is 0.200. The predicted molar refractivity (Wildman–Crippen MR) is 61.5 cm³/mol. The Bertz CT molecular complexity index is 383. The minimum absolute atomic E-state index is 0.106. The fraction of sp³-hybridized carbons (Fsp3) is 0.300. The fourth-order valence-electron chi connectivity index (χ4n) is 1.08. The SMILES string of the molecule is O=C(NCC(O)CO)Nc1cc(F)cc(Cl)c1. The first kappa shape index (κ1) is 13.7. The second kappa shape index (κ2) is 6.39. The zero-order valence-electron chi connectivity index (χ0n) is 8.78. The first-order valence-electron chi connectivity index (χ1n) is 4.81. The van der Waals surface area contributed by atoms with E-state index in [0.717, 1.165) is 12.1 Å². The number of anilines is 1. The maximum atomic E-state index is 12.9. The molecule has 1 atom stereocenters. The average Bonchev–Trinajstić information content (AvgIpc) is 2.24. The second-order valence-electron chi connectivity index (χ2n) is 3.33. The van der Waals surface area contributed by atoms with Crippen LogP contribution in [0.1, 0.15) is 0 Å². The number of carbonyl (C=O) groups excluding carboxylic acids is 1. The summed E-state index contributed by atoms with van der Waals surface area (Å²) in [4.78, 5) is 11.3. The lowest BCUT2D eigenvalue weighted by Gasteiger charge is -2.10. The van der Waals surface area contributed by atoms with E-state index in [2.05, 4.69) is 10.6 Å². The van der Waals surface area contributed by atoms with E-state index >= 15 is 0 Å². The van der Waals surface area contributed by atoms with Crippen LogP contribution in [0.15, 0.2) is 18.2 Å². The summed E-state index contributed by atoms with van der Waals surface area (Å²) in [6, 6.07) is 2.97. The molecule has 94 valence electrons. The zero-order chi connectivity index (χ0) is 12.8. The lowest BCUT2D eigenvalue weighted by molar-refractivity contribution is 0.0965. The first-order chi connectivity index (χ1) is 8.01. The van der Waals surface area contributed by atoms with Crippen LogP contribution in [0.3, 0.4) is 0 Å². The molecule has 5 nitrogen and oxygen atoms in total. The van der Waals surface area contributed by atoms with Gasteiger partial charge in [-0.3, -0.25) is 0 Å². The Morgan fingerprint density at radius 1 is 1.47 bits per heavy atom. The quantitative estimate of drug-likeness (QED) is 0.652. The van der Waals surface area contributed by atoms with E-state index in [0.29, 0.717) is 0 Å². The number of rotatable bonds is 4. The molecular formula is C10H12ClFN2O3. The maximum absolute atomic E-state index is 12.9. The summed E-state index contributed by atoms with van der Waals surface area (Å²) in [5, 5.41) is 22.3. The van der Waals surface area contributed by atoms with Crippen LogP contribution in [0.4, 0.5) is 14.9 Å². The molecule has 17 heavy (non-hydrogen) atoms. The molecular weight excluding hydrogens is 251 g/mol. The summed E-state index contributed by atoms with van der Waals surface area (Å²) in [6.45, 7) is -0.558. The average molecular weight is 263 g/mol. The van der Waals surface area contributed by atoms with Crippen molar-refractivity contribution in [3.63, 3.8) is 0 Å². The highest BCUT2D eigenvalue weighted by Gasteiger charge is 2.07. The van der Waals surface area contributed by atoms with Gasteiger partial charge in [0, 0.05) is 17.3 Å². The van der Waals surface area contributed by atoms with Crippen LogP contribution in [-0.4, -0.2) is 35.5 Å². The first-order valence-corrected chi connectivity index (χ1v) is 5.19. The normalized spacial score (nSPS) is 12.0. The number of aliphatic hydroxyl groups is 2. The van der Waals surface area contributed by atoms with Gasteiger partial charge >= 0.3 is 6.03 Å². The lowest BCUT2D eigenvalue weighted by atomic mass is 10.3. The van der Waals surface area contributed by atoms with Crippen LogP contribution in [0.2, 0.25) is 5.02 Å². The largest absolute Gasteiger partial charge is 0.394 e. The Morgan fingerprint density at radius 3 is 2.76 bits per heavy atom. The van der Waals surface area contributed by atoms with E-state index in [9.17, 15) is 9.18 Å². The molecule has 7 heteroatoms. The molecule has 0 aliphatic heterocycles. The molecule has 0 aliphatic rings. The van der Waals surface area contributed by atoms with Crippen LogP contribution in [0.25, 0.3) is 0 Å². The van der Waals surface area contributed by atoms with Gasteiger partial charge in [0.1, 0.15) is 5.82 Å². The van der Waals surface area contributed by atoms with Crippen molar-refractivity contribution >= 4 is 23.3 Å². The summed E-state index contributed by atoms with van der Waals surface area (Å²) in [7, 11) is 0. The number of benzene rings is 1. The van der Waals surface area contributed by atoms with Gasteiger partial charge in [-0.2, -0.15) is 0 Å². The van der Waals surface area contributed by atoms with Crippen molar-refractivity contribution in [2.24, 2.45) is 0 Å². The number of halogens is 2. The Kier molecular flexibility index (Phi) is 5.14.